The standard InChI is InChI=1S/C16H16ClN3O/c1-2-21-15(12-6-4-3-5-7-12)11-19-16-9-8-13(17)14(10-18)20-16/h3-9,15H,2,11H2,1H3,(H,19,20). The van der Waals surface area contributed by atoms with E-state index in [0.717, 1.165) is 5.56 Å². The Morgan fingerprint density at radius 2 is 2.05 bits per heavy atom. The average Bonchev–Trinajstić information content (AvgIpc) is 2.53. The minimum absolute atomic E-state index is 0.0702. The van der Waals surface area contributed by atoms with Crippen molar-refractivity contribution in [1.82, 2.24) is 4.98 Å². The van der Waals surface area contributed by atoms with Crippen molar-refractivity contribution >= 4 is 17.4 Å². The zero-order valence-electron chi connectivity index (χ0n) is 11.7. The van der Waals surface area contributed by atoms with Crippen molar-refractivity contribution in [2.45, 2.75) is 13.0 Å². The van der Waals surface area contributed by atoms with Gasteiger partial charge in [-0.3, -0.25) is 0 Å². The predicted molar refractivity (Wildman–Crippen MR) is 83.3 cm³/mol. The summed E-state index contributed by atoms with van der Waals surface area (Å²) in [6.07, 6.45) is -0.0702. The molecule has 0 radical (unpaired) electrons. The molecule has 1 unspecified atom stereocenters. The smallest absolute Gasteiger partial charge is 0.161 e. The molecule has 0 bridgehead atoms. The molecule has 1 aromatic carbocycles. The summed E-state index contributed by atoms with van der Waals surface area (Å²) >= 11 is 5.87. The van der Waals surface area contributed by atoms with Crippen molar-refractivity contribution in [1.29, 1.82) is 5.26 Å². The van der Waals surface area contributed by atoms with Gasteiger partial charge in [0.05, 0.1) is 11.1 Å². The van der Waals surface area contributed by atoms with Crippen LogP contribution in [0.25, 0.3) is 0 Å². The third kappa shape index (κ3) is 4.19. The lowest BCUT2D eigenvalue weighted by atomic mass is 10.1. The number of halogens is 1. The van der Waals surface area contributed by atoms with E-state index in [-0.39, 0.29) is 11.8 Å². The van der Waals surface area contributed by atoms with Crippen molar-refractivity contribution < 1.29 is 4.74 Å². The lowest BCUT2D eigenvalue weighted by molar-refractivity contribution is 0.0718. The number of hydrogen-bond donors (Lipinski definition) is 1. The van der Waals surface area contributed by atoms with E-state index >= 15 is 0 Å². The fraction of sp³-hybridized carbons (Fsp3) is 0.250. The molecule has 0 saturated heterocycles. The molecule has 1 aromatic heterocycles. The maximum Gasteiger partial charge on any atom is 0.161 e. The topological polar surface area (TPSA) is 57.9 Å². The van der Waals surface area contributed by atoms with Crippen LogP contribution in [0, 0.1) is 11.3 Å². The van der Waals surface area contributed by atoms with Gasteiger partial charge in [-0.05, 0) is 24.6 Å². The van der Waals surface area contributed by atoms with Crippen LogP contribution in [0.4, 0.5) is 5.82 Å². The number of aromatic nitrogens is 1. The van der Waals surface area contributed by atoms with Gasteiger partial charge in [-0.25, -0.2) is 4.98 Å². The highest BCUT2D eigenvalue weighted by atomic mass is 35.5. The number of ether oxygens (including phenoxy) is 1. The molecular formula is C16H16ClN3O. The van der Waals surface area contributed by atoms with Crippen LogP contribution < -0.4 is 5.32 Å². The van der Waals surface area contributed by atoms with Crippen molar-refractivity contribution in [3.63, 3.8) is 0 Å². The molecule has 0 aliphatic heterocycles. The molecule has 0 saturated carbocycles. The number of anilines is 1. The SMILES string of the molecule is CCOC(CNc1ccc(Cl)c(C#N)n1)c1ccccc1. The van der Waals surface area contributed by atoms with Crippen LogP contribution in [0.15, 0.2) is 42.5 Å². The molecule has 0 spiro atoms. The first-order valence-corrected chi connectivity index (χ1v) is 7.09. The monoisotopic (exact) mass is 301 g/mol. The van der Waals surface area contributed by atoms with E-state index in [9.17, 15) is 0 Å². The van der Waals surface area contributed by atoms with Gasteiger partial charge in [-0.15, -0.1) is 0 Å². The fourth-order valence-corrected chi connectivity index (χ4v) is 2.11. The molecule has 0 aliphatic rings. The molecule has 2 rings (SSSR count). The summed E-state index contributed by atoms with van der Waals surface area (Å²) < 4.78 is 5.75. The van der Waals surface area contributed by atoms with Crippen LogP contribution in [-0.2, 0) is 4.74 Å². The Morgan fingerprint density at radius 1 is 1.29 bits per heavy atom. The summed E-state index contributed by atoms with van der Waals surface area (Å²) in [6, 6.07) is 15.4. The zero-order chi connectivity index (χ0) is 15.1. The van der Waals surface area contributed by atoms with E-state index in [0.29, 0.717) is 24.0 Å². The minimum Gasteiger partial charge on any atom is -0.372 e. The first-order valence-electron chi connectivity index (χ1n) is 6.71. The molecule has 2 aromatic rings. The number of rotatable bonds is 6. The Labute approximate surface area is 129 Å². The molecule has 108 valence electrons. The highest BCUT2D eigenvalue weighted by Gasteiger charge is 2.11. The second-order valence-electron chi connectivity index (χ2n) is 4.37. The summed E-state index contributed by atoms with van der Waals surface area (Å²) in [5.41, 5.74) is 1.32. The summed E-state index contributed by atoms with van der Waals surface area (Å²) in [4.78, 5) is 4.16. The van der Waals surface area contributed by atoms with Gasteiger partial charge < -0.3 is 10.1 Å². The molecule has 1 heterocycles. The van der Waals surface area contributed by atoms with Gasteiger partial charge in [0.25, 0.3) is 0 Å². The predicted octanol–water partition coefficient (Wildman–Crippen LogP) is 3.80. The van der Waals surface area contributed by atoms with Crippen LogP contribution in [0.3, 0.4) is 0 Å². The van der Waals surface area contributed by atoms with Gasteiger partial charge in [0.2, 0.25) is 0 Å². The maximum atomic E-state index is 8.93. The lowest BCUT2D eigenvalue weighted by Gasteiger charge is -2.18. The molecule has 1 atom stereocenters. The molecule has 1 N–H and O–H groups in total. The number of nitrogens with one attached hydrogen (secondary N) is 1. The van der Waals surface area contributed by atoms with Crippen LogP contribution in [-0.4, -0.2) is 18.1 Å². The minimum atomic E-state index is -0.0702. The number of pyridine rings is 1. The second-order valence-corrected chi connectivity index (χ2v) is 4.78. The highest BCUT2D eigenvalue weighted by Crippen LogP contribution is 2.19. The third-order valence-corrected chi connectivity index (χ3v) is 3.26. The van der Waals surface area contributed by atoms with E-state index in [4.69, 9.17) is 21.6 Å². The first kappa shape index (κ1) is 15.3. The van der Waals surface area contributed by atoms with Crippen LogP contribution >= 0.6 is 11.6 Å². The third-order valence-electron chi connectivity index (χ3n) is 2.96. The number of benzene rings is 1. The largest absolute Gasteiger partial charge is 0.372 e. The quantitative estimate of drug-likeness (QED) is 0.881. The molecule has 0 amide bonds. The molecule has 5 heteroatoms. The van der Waals surface area contributed by atoms with Crippen LogP contribution in [0.1, 0.15) is 24.3 Å². The summed E-state index contributed by atoms with van der Waals surface area (Å²) in [5, 5.41) is 12.5. The van der Waals surface area contributed by atoms with E-state index < -0.39 is 0 Å². The van der Waals surface area contributed by atoms with E-state index in [1.807, 2.05) is 43.3 Å². The first-order chi connectivity index (χ1) is 10.2. The normalized spacial score (nSPS) is 11.7. The van der Waals surface area contributed by atoms with E-state index in [1.54, 1.807) is 12.1 Å². The van der Waals surface area contributed by atoms with Gasteiger partial charge >= 0.3 is 0 Å². The average molecular weight is 302 g/mol. The zero-order valence-corrected chi connectivity index (χ0v) is 12.5. The Kier molecular flexibility index (Phi) is 5.56. The molecule has 4 nitrogen and oxygen atoms in total. The number of nitrogens with zero attached hydrogens (tertiary/aromatic N) is 2. The lowest BCUT2D eigenvalue weighted by Crippen LogP contribution is -2.16. The molecular weight excluding hydrogens is 286 g/mol. The highest BCUT2D eigenvalue weighted by molar-refractivity contribution is 6.31. The Morgan fingerprint density at radius 3 is 2.71 bits per heavy atom. The second kappa shape index (κ2) is 7.63. The van der Waals surface area contributed by atoms with Crippen LogP contribution in [0.5, 0.6) is 0 Å². The van der Waals surface area contributed by atoms with Crippen molar-refractivity contribution in [2.75, 3.05) is 18.5 Å². The van der Waals surface area contributed by atoms with Crippen molar-refractivity contribution in [3.05, 3.63) is 58.7 Å². The molecule has 0 aliphatic carbocycles. The number of hydrogen-bond acceptors (Lipinski definition) is 4. The summed E-state index contributed by atoms with van der Waals surface area (Å²) in [6.45, 7) is 3.15. The molecule has 0 fully saturated rings. The van der Waals surface area contributed by atoms with Crippen molar-refractivity contribution in [2.24, 2.45) is 0 Å². The van der Waals surface area contributed by atoms with E-state index in [1.165, 1.54) is 0 Å². The Hall–Kier alpha value is -2.09. The van der Waals surface area contributed by atoms with Gasteiger partial charge in [0.1, 0.15) is 11.9 Å². The summed E-state index contributed by atoms with van der Waals surface area (Å²) in [7, 11) is 0. The fourth-order valence-electron chi connectivity index (χ4n) is 1.96. The van der Waals surface area contributed by atoms with E-state index in [2.05, 4.69) is 10.3 Å². The Bertz CT molecular complexity index is 625. The Balaban J connectivity index is 2.07. The summed E-state index contributed by atoms with van der Waals surface area (Å²) in [5.74, 6) is 0.608. The van der Waals surface area contributed by atoms with Gasteiger partial charge in [-0.2, -0.15) is 5.26 Å². The van der Waals surface area contributed by atoms with Gasteiger partial charge in [-0.1, -0.05) is 41.9 Å². The van der Waals surface area contributed by atoms with Crippen LogP contribution in [0.2, 0.25) is 5.02 Å². The number of nitriles is 1. The van der Waals surface area contributed by atoms with Gasteiger partial charge in [0.15, 0.2) is 5.69 Å². The van der Waals surface area contributed by atoms with Gasteiger partial charge in [0, 0.05) is 13.2 Å². The maximum absolute atomic E-state index is 8.93. The van der Waals surface area contributed by atoms with Crippen molar-refractivity contribution in [3.8, 4) is 6.07 Å². The molecule has 21 heavy (non-hydrogen) atoms.